The first-order chi connectivity index (χ1) is 16.7. The number of nitrogens with one attached hydrogen (secondary N) is 3. The summed E-state index contributed by atoms with van der Waals surface area (Å²) in [7, 11) is -2.44. The largest absolute Gasteiger partial charge is 0.495 e. The van der Waals surface area contributed by atoms with Gasteiger partial charge in [-0.25, -0.2) is 17.9 Å². The number of alkyl halides is 3. The molecule has 3 N–H and O–H groups in total. The lowest BCUT2D eigenvalue weighted by Gasteiger charge is -2.19. The van der Waals surface area contributed by atoms with Crippen LogP contribution in [0.3, 0.4) is 0 Å². The maximum atomic E-state index is 14.0. The van der Waals surface area contributed by atoms with Crippen molar-refractivity contribution in [1.82, 2.24) is 14.7 Å². The van der Waals surface area contributed by atoms with Crippen LogP contribution in [0.5, 0.6) is 5.75 Å². The first-order valence-corrected chi connectivity index (χ1v) is 12.3. The molecule has 3 rings (SSSR count). The van der Waals surface area contributed by atoms with Gasteiger partial charge >= 0.3 is 11.9 Å². The summed E-state index contributed by atoms with van der Waals surface area (Å²) in [5.41, 5.74) is -1.26. The Hall–Kier alpha value is -3.82. The second-order valence-corrected chi connectivity index (χ2v) is 9.82. The third kappa shape index (κ3) is 6.05. The Morgan fingerprint density at radius 3 is 2.36 bits per heavy atom. The monoisotopic (exact) mass is 521 g/mol. The number of hydrogen-bond donors (Lipinski definition) is 3. The third-order valence-electron chi connectivity index (χ3n) is 5.36. The number of rotatable bonds is 7. The van der Waals surface area contributed by atoms with Crippen LogP contribution >= 0.6 is 0 Å². The zero-order chi connectivity index (χ0) is 26.8. The lowest BCUT2D eigenvalue weighted by molar-refractivity contribution is -0.138. The molecule has 190 valence electrons. The van der Waals surface area contributed by atoms with Gasteiger partial charge in [-0.1, -0.05) is 24.1 Å². The summed E-state index contributed by atoms with van der Waals surface area (Å²) in [6.45, 7) is 1.71. The van der Waals surface area contributed by atoms with Crippen molar-refractivity contribution in [1.29, 1.82) is 0 Å². The molecule has 0 amide bonds. The summed E-state index contributed by atoms with van der Waals surface area (Å²) in [6, 6.07) is 6.12. The van der Waals surface area contributed by atoms with Crippen LogP contribution in [0.25, 0.3) is 22.3 Å². The Morgan fingerprint density at radius 2 is 1.83 bits per heavy atom. The van der Waals surface area contributed by atoms with Crippen LogP contribution in [0.2, 0.25) is 0 Å². The number of methoxy groups -OCH3 is 1. The number of aryl methyl sites for hydroxylation is 1. The Labute approximate surface area is 204 Å². The van der Waals surface area contributed by atoms with Gasteiger partial charge in [-0.05, 0) is 41.3 Å². The molecule has 0 aliphatic rings. The normalized spacial score (nSPS) is 12.7. The molecule has 0 aliphatic carbocycles. The van der Waals surface area contributed by atoms with Crippen LogP contribution in [0.15, 0.2) is 46.1 Å². The van der Waals surface area contributed by atoms with E-state index in [0.717, 1.165) is 25.6 Å². The van der Waals surface area contributed by atoms with Gasteiger partial charge in [0.15, 0.2) is 0 Å². The number of aromatic nitrogens is 2. The Morgan fingerprint density at radius 1 is 1.14 bits per heavy atom. The topological polar surface area (TPSA) is 121 Å². The van der Waals surface area contributed by atoms with E-state index in [1.807, 2.05) is 4.98 Å². The summed E-state index contributed by atoms with van der Waals surface area (Å²) < 4.78 is 72.4. The molecule has 1 atom stereocenters. The van der Waals surface area contributed by atoms with E-state index < -0.39 is 44.8 Å². The number of benzene rings is 2. The number of aromatic amines is 2. The smallest absolute Gasteiger partial charge is 0.420 e. The molecule has 12 heteroatoms. The predicted molar refractivity (Wildman–Crippen MR) is 129 cm³/mol. The molecule has 0 spiro atoms. The molecule has 0 fully saturated rings. The average molecular weight is 522 g/mol. The molecule has 0 radical (unpaired) electrons. The van der Waals surface area contributed by atoms with Gasteiger partial charge in [0.25, 0.3) is 5.56 Å². The fraction of sp³-hybridized carbons (Fsp3) is 0.250. The summed E-state index contributed by atoms with van der Waals surface area (Å²) in [5.74, 6) is 1.92. The molecule has 36 heavy (non-hydrogen) atoms. The number of hydrogen-bond acceptors (Lipinski definition) is 5. The minimum absolute atomic E-state index is 0.0605. The molecule has 0 saturated carbocycles. The second kappa shape index (κ2) is 10.0. The van der Waals surface area contributed by atoms with Crippen LogP contribution in [-0.2, 0) is 22.6 Å². The van der Waals surface area contributed by atoms with Gasteiger partial charge < -0.3 is 9.72 Å². The zero-order valence-corrected chi connectivity index (χ0v) is 20.2. The fourth-order valence-corrected chi connectivity index (χ4v) is 4.43. The zero-order valence-electron chi connectivity index (χ0n) is 19.4. The molecular weight excluding hydrogens is 499 g/mol. The molecule has 3 aromatic rings. The van der Waals surface area contributed by atoms with E-state index in [0.29, 0.717) is 16.7 Å². The molecular formula is C24H22F3N3O5S. The quantitative estimate of drug-likeness (QED) is 0.413. The van der Waals surface area contributed by atoms with Gasteiger partial charge in [0.2, 0.25) is 10.0 Å². The van der Waals surface area contributed by atoms with Crippen molar-refractivity contribution >= 4 is 10.0 Å². The number of terminal acetylenes is 1. The van der Waals surface area contributed by atoms with Crippen molar-refractivity contribution in [2.24, 2.45) is 0 Å². The molecule has 0 saturated heterocycles. The van der Waals surface area contributed by atoms with Crippen LogP contribution < -0.4 is 20.7 Å². The highest BCUT2D eigenvalue weighted by Crippen LogP contribution is 2.44. The van der Waals surface area contributed by atoms with E-state index in [-0.39, 0.29) is 23.1 Å². The van der Waals surface area contributed by atoms with E-state index in [4.69, 9.17) is 11.2 Å². The second-order valence-electron chi connectivity index (χ2n) is 8.04. The Balaban J connectivity index is 2.18. The summed E-state index contributed by atoms with van der Waals surface area (Å²) in [5, 5.41) is 0. The van der Waals surface area contributed by atoms with Crippen molar-refractivity contribution < 1.29 is 26.3 Å². The third-order valence-corrected chi connectivity index (χ3v) is 6.08. The highest BCUT2D eigenvalue weighted by Gasteiger charge is 2.36. The van der Waals surface area contributed by atoms with Gasteiger partial charge in [-0.2, -0.15) is 13.2 Å². The number of sulfonamides is 1. The number of H-pyrrole nitrogens is 2. The van der Waals surface area contributed by atoms with Crippen LogP contribution in [-0.4, -0.2) is 37.8 Å². The first kappa shape index (κ1) is 26.8. The summed E-state index contributed by atoms with van der Waals surface area (Å²) >= 11 is 0. The van der Waals surface area contributed by atoms with Gasteiger partial charge in [-0.3, -0.25) is 9.78 Å². The lowest BCUT2D eigenvalue weighted by Crippen LogP contribution is -2.34. The van der Waals surface area contributed by atoms with Gasteiger partial charge in [0, 0.05) is 18.2 Å². The van der Waals surface area contributed by atoms with Crippen molar-refractivity contribution in [3.63, 3.8) is 0 Å². The van der Waals surface area contributed by atoms with Crippen molar-refractivity contribution in [3.05, 3.63) is 74.1 Å². The first-order valence-electron chi connectivity index (χ1n) is 10.4. The van der Waals surface area contributed by atoms with E-state index in [9.17, 15) is 31.2 Å². The van der Waals surface area contributed by atoms with Gasteiger partial charge in [0.05, 0.1) is 30.5 Å². The van der Waals surface area contributed by atoms with E-state index in [1.165, 1.54) is 6.07 Å². The maximum absolute atomic E-state index is 14.0. The molecule has 0 aliphatic heterocycles. The van der Waals surface area contributed by atoms with E-state index in [2.05, 4.69) is 15.6 Å². The lowest BCUT2D eigenvalue weighted by atomic mass is 9.92. The van der Waals surface area contributed by atoms with Crippen LogP contribution in [0.1, 0.15) is 16.7 Å². The van der Waals surface area contributed by atoms with Crippen molar-refractivity contribution in [2.45, 2.75) is 25.6 Å². The Kier molecular flexibility index (Phi) is 7.47. The molecule has 1 heterocycles. The highest BCUT2D eigenvalue weighted by atomic mass is 32.2. The molecule has 0 bridgehead atoms. The van der Waals surface area contributed by atoms with Crippen LogP contribution in [0.4, 0.5) is 13.2 Å². The standard InChI is InChI=1S/C24H22F3N3O5S/c1-5-17(30-36(4,33)34)9-14-6-7-15(8-13(14)2)18-10-16(19-12-28-23(32)29-22(19)31)11-20(21(18)35-3)24(25,26)27/h1,6-8,10-12,17,30H,9H2,2-4H3,(H2,28,29,31,32). The van der Waals surface area contributed by atoms with Gasteiger partial charge in [-0.15, -0.1) is 6.42 Å². The van der Waals surface area contributed by atoms with E-state index >= 15 is 0 Å². The maximum Gasteiger partial charge on any atom is 0.420 e. The minimum Gasteiger partial charge on any atom is -0.495 e. The molecule has 8 nitrogen and oxygen atoms in total. The van der Waals surface area contributed by atoms with Crippen LogP contribution in [0, 0.1) is 19.3 Å². The number of ether oxygens (including phenoxy) is 1. The number of halogens is 3. The highest BCUT2D eigenvalue weighted by molar-refractivity contribution is 7.88. The molecule has 1 unspecified atom stereocenters. The average Bonchev–Trinajstić information content (AvgIpc) is 2.77. The Bertz CT molecular complexity index is 1570. The minimum atomic E-state index is -4.81. The van der Waals surface area contributed by atoms with Crippen molar-refractivity contribution in [2.75, 3.05) is 13.4 Å². The summed E-state index contributed by atoms with van der Waals surface area (Å²) in [6.07, 6.45) is 2.81. The molecule has 1 aromatic heterocycles. The SMILES string of the molecule is C#CC(Cc1ccc(-c2cc(-c3c[nH]c(=O)[nH]c3=O)cc(C(F)(F)F)c2OC)cc1C)NS(C)(=O)=O. The van der Waals surface area contributed by atoms with E-state index in [1.54, 1.807) is 25.1 Å². The fourth-order valence-electron chi connectivity index (χ4n) is 3.76. The summed E-state index contributed by atoms with van der Waals surface area (Å²) in [4.78, 5) is 27.9. The predicted octanol–water partition coefficient (Wildman–Crippen LogP) is 2.83. The molecule has 2 aromatic carbocycles. The van der Waals surface area contributed by atoms with Crippen molar-refractivity contribution in [3.8, 4) is 40.3 Å². The van der Waals surface area contributed by atoms with Gasteiger partial charge in [0.1, 0.15) is 5.75 Å².